The highest BCUT2D eigenvalue weighted by Gasteiger charge is 1.95. The highest BCUT2D eigenvalue weighted by Crippen LogP contribution is 2.00. The molecule has 11 heavy (non-hydrogen) atoms. The van der Waals surface area contributed by atoms with Crippen molar-refractivity contribution in [2.24, 2.45) is 7.05 Å². The number of rotatable bonds is 4. The van der Waals surface area contributed by atoms with Gasteiger partial charge in [-0.2, -0.15) is 0 Å². The lowest BCUT2D eigenvalue weighted by Gasteiger charge is -2.02. The van der Waals surface area contributed by atoms with Gasteiger partial charge < -0.3 is 5.32 Å². The fourth-order valence-electron chi connectivity index (χ4n) is 0.843. The maximum absolute atomic E-state index is 3.80. The quantitative estimate of drug-likeness (QED) is 0.658. The third kappa shape index (κ3) is 2.22. The molecule has 1 aromatic rings. The number of nitrogens with zero attached hydrogens (tertiary/aromatic N) is 3. The van der Waals surface area contributed by atoms with E-state index in [-0.39, 0.29) is 0 Å². The van der Waals surface area contributed by atoms with Crippen molar-refractivity contribution in [2.75, 3.05) is 11.9 Å². The van der Waals surface area contributed by atoms with Crippen molar-refractivity contribution in [3.63, 3.8) is 0 Å². The van der Waals surface area contributed by atoms with Gasteiger partial charge in [-0.1, -0.05) is 18.6 Å². The average molecular weight is 154 g/mol. The lowest BCUT2D eigenvalue weighted by atomic mass is 10.3. The number of nitrogens with one attached hydrogen (secondary N) is 1. The number of aryl methyl sites for hydroxylation is 1. The maximum atomic E-state index is 3.80. The number of hydrogen-bond acceptors (Lipinski definition) is 3. The molecule has 0 unspecified atom stereocenters. The molecule has 0 radical (unpaired) electrons. The van der Waals surface area contributed by atoms with Crippen molar-refractivity contribution in [1.29, 1.82) is 0 Å². The van der Waals surface area contributed by atoms with E-state index in [1.807, 2.05) is 7.05 Å². The smallest absolute Gasteiger partial charge is 0.144 e. The van der Waals surface area contributed by atoms with Crippen LogP contribution in [0.1, 0.15) is 19.8 Å². The summed E-state index contributed by atoms with van der Waals surface area (Å²) < 4.78 is 1.73. The van der Waals surface area contributed by atoms with E-state index in [1.165, 1.54) is 12.8 Å². The molecule has 1 rings (SSSR count). The maximum Gasteiger partial charge on any atom is 0.144 e. The molecule has 0 saturated heterocycles. The van der Waals surface area contributed by atoms with Gasteiger partial charge in [-0.3, -0.25) is 0 Å². The first-order chi connectivity index (χ1) is 5.34. The van der Waals surface area contributed by atoms with Crippen molar-refractivity contribution in [3.05, 3.63) is 6.20 Å². The van der Waals surface area contributed by atoms with E-state index in [4.69, 9.17) is 0 Å². The second-order valence-electron chi connectivity index (χ2n) is 2.52. The van der Waals surface area contributed by atoms with Crippen LogP contribution in [0.3, 0.4) is 0 Å². The summed E-state index contributed by atoms with van der Waals surface area (Å²) in [5, 5.41) is 10.8. The fourth-order valence-corrected chi connectivity index (χ4v) is 0.843. The third-order valence-electron chi connectivity index (χ3n) is 1.55. The first-order valence-electron chi connectivity index (χ1n) is 3.93. The van der Waals surface area contributed by atoms with Crippen molar-refractivity contribution in [2.45, 2.75) is 19.8 Å². The van der Waals surface area contributed by atoms with Crippen LogP contribution in [-0.2, 0) is 7.05 Å². The summed E-state index contributed by atoms with van der Waals surface area (Å²) in [6.45, 7) is 3.17. The Morgan fingerprint density at radius 3 is 3.00 bits per heavy atom. The van der Waals surface area contributed by atoms with Gasteiger partial charge >= 0.3 is 0 Å². The number of aromatic nitrogens is 3. The van der Waals surface area contributed by atoms with Gasteiger partial charge in [0.25, 0.3) is 0 Å². The fraction of sp³-hybridized carbons (Fsp3) is 0.714. The zero-order chi connectivity index (χ0) is 8.10. The summed E-state index contributed by atoms with van der Waals surface area (Å²) in [6, 6.07) is 0. The predicted octanol–water partition coefficient (Wildman–Crippen LogP) is 1.03. The van der Waals surface area contributed by atoms with Crippen LogP contribution < -0.4 is 5.32 Å². The van der Waals surface area contributed by atoms with Gasteiger partial charge in [-0.25, -0.2) is 4.68 Å². The van der Waals surface area contributed by atoms with Crippen molar-refractivity contribution in [3.8, 4) is 0 Å². The van der Waals surface area contributed by atoms with E-state index < -0.39 is 0 Å². The molecule has 0 aliphatic rings. The summed E-state index contributed by atoms with van der Waals surface area (Å²) in [5.74, 6) is 0.985. The number of anilines is 1. The molecule has 1 aromatic heterocycles. The first-order valence-corrected chi connectivity index (χ1v) is 3.93. The molecule has 0 aliphatic heterocycles. The van der Waals surface area contributed by atoms with E-state index in [9.17, 15) is 0 Å². The van der Waals surface area contributed by atoms with Gasteiger partial charge in [-0.05, 0) is 6.42 Å². The Balaban J connectivity index is 2.32. The van der Waals surface area contributed by atoms with E-state index in [2.05, 4.69) is 22.6 Å². The standard InChI is InChI=1S/C7H14N4/c1-3-4-5-8-7-6-9-10-11(7)2/h6,8H,3-5H2,1-2H3. The minimum Gasteiger partial charge on any atom is -0.369 e. The molecule has 4 nitrogen and oxygen atoms in total. The van der Waals surface area contributed by atoms with Crippen LogP contribution in [0.25, 0.3) is 0 Å². The summed E-state index contributed by atoms with van der Waals surface area (Å²) >= 11 is 0. The monoisotopic (exact) mass is 154 g/mol. The van der Waals surface area contributed by atoms with Crippen LogP contribution in [0.15, 0.2) is 6.20 Å². The third-order valence-corrected chi connectivity index (χ3v) is 1.55. The van der Waals surface area contributed by atoms with Crippen LogP contribution in [0.2, 0.25) is 0 Å². The van der Waals surface area contributed by atoms with Crippen LogP contribution in [-0.4, -0.2) is 21.5 Å². The summed E-state index contributed by atoms with van der Waals surface area (Å²) in [7, 11) is 1.88. The molecule has 0 aliphatic carbocycles. The Morgan fingerprint density at radius 1 is 1.64 bits per heavy atom. The van der Waals surface area contributed by atoms with E-state index in [0.717, 1.165) is 12.4 Å². The summed E-state index contributed by atoms with van der Waals surface area (Å²) in [4.78, 5) is 0. The zero-order valence-electron chi connectivity index (χ0n) is 7.04. The normalized spacial score (nSPS) is 10.0. The van der Waals surface area contributed by atoms with Crippen molar-refractivity contribution in [1.82, 2.24) is 15.0 Å². The Bertz CT molecular complexity index is 206. The first kappa shape index (κ1) is 8.04. The molecule has 0 fully saturated rings. The van der Waals surface area contributed by atoms with Gasteiger partial charge in [0, 0.05) is 13.6 Å². The van der Waals surface area contributed by atoms with Gasteiger partial charge in [0.05, 0.1) is 6.20 Å². The van der Waals surface area contributed by atoms with Crippen molar-refractivity contribution < 1.29 is 0 Å². The Morgan fingerprint density at radius 2 is 2.45 bits per heavy atom. The van der Waals surface area contributed by atoms with Crippen molar-refractivity contribution >= 4 is 5.82 Å². The summed E-state index contributed by atoms with van der Waals surface area (Å²) in [6.07, 6.45) is 4.12. The Kier molecular flexibility index (Phi) is 2.89. The molecular weight excluding hydrogens is 140 g/mol. The summed E-state index contributed by atoms with van der Waals surface area (Å²) in [5.41, 5.74) is 0. The zero-order valence-corrected chi connectivity index (χ0v) is 7.04. The Labute approximate surface area is 66.6 Å². The number of hydrogen-bond donors (Lipinski definition) is 1. The average Bonchev–Trinajstić information content (AvgIpc) is 2.37. The molecule has 0 aromatic carbocycles. The predicted molar refractivity (Wildman–Crippen MR) is 44.4 cm³/mol. The van der Waals surface area contributed by atoms with E-state index in [0.29, 0.717) is 0 Å². The molecule has 0 spiro atoms. The minimum absolute atomic E-state index is 0.985. The highest BCUT2D eigenvalue weighted by molar-refractivity contribution is 5.29. The SMILES string of the molecule is CCCCNc1cnnn1C. The van der Waals surface area contributed by atoms with Gasteiger partial charge in [0.2, 0.25) is 0 Å². The molecule has 0 amide bonds. The van der Waals surface area contributed by atoms with Gasteiger partial charge in [0.15, 0.2) is 0 Å². The molecule has 62 valence electrons. The minimum atomic E-state index is 0.985. The second kappa shape index (κ2) is 3.95. The van der Waals surface area contributed by atoms with Crippen LogP contribution >= 0.6 is 0 Å². The molecule has 0 saturated carbocycles. The van der Waals surface area contributed by atoms with Crippen LogP contribution in [0.5, 0.6) is 0 Å². The largest absolute Gasteiger partial charge is 0.369 e. The molecule has 0 bridgehead atoms. The number of unbranched alkanes of at least 4 members (excludes halogenated alkanes) is 1. The lowest BCUT2D eigenvalue weighted by molar-refractivity contribution is 0.713. The molecule has 1 heterocycles. The Hall–Kier alpha value is -1.06. The molecular formula is C7H14N4. The highest BCUT2D eigenvalue weighted by atomic mass is 15.4. The van der Waals surface area contributed by atoms with Gasteiger partial charge in [-0.15, -0.1) is 5.10 Å². The molecule has 0 atom stereocenters. The van der Waals surface area contributed by atoms with E-state index in [1.54, 1.807) is 10.9 Å². The lowest BCUT2D eigenvalue weighted by Crippen LogP contribution is -2.05. The van der Waals surface area contributed by atoms with E-state index >= 15 is 0 Å². The molecule has 1 N–H and O–H groups in total. The van der Waals surface area contributed by atoms with Gasteiger partial charge in [0.1, 0.15) is 5.82 Å². The second-order valence-corrected chi connectivity index (χ2v) is 2.52. The topological polar surface area (TPSA) is 42.7 Å². The van der Waals surface area contributed by atoms with Crippen LogP contribution in [0.4, 0.5) is 5.82 Å². The molecule has 4 heteroatoms. The van der Waals surface area contributed by atoms with Crippen LogP contribution in [0, 0.1) is 0 Å².